The number of oxime groups is 1. The summed E-state index contributed by atoms with van der Waals surface area (Å²) in [6, 6.07) is 1.49. The Kier molecular flexibility index (Phi) is 3.15. The summed E-state index contributed by atoms with van der Waals surface area (Å²) >= 11 is 0. The van der Waals surface area contributed by atoms with E-state index in [2.05, 4.69) is 20.3 Å². The Balaban J connectivity index is 2.47. The first kappa shape index (κ1) is 9.66. The van der Waals surface area contributed by atoms with Crippen LogP contribution in [0.15, 0.2) is 17.5 Å². The number of amides is 1. The van der Waals surface area contributed by atoms with E-state index < -0.39 is 11.6 Å². The highest BCUT2D eigenvalue weighted by molar-refractivity contribution is 6.44. The molecule has 2 N–H and O–H groups in total. The van der Waals surface area contributed by atoms with Crippen molar-refractivity contribution in [1.29, 1.82) is 5.26 Å². The highest BCUT2D eigenvalue weighted by Gasteiger charge is 2.05. The number of hydrogen-bond donors (Lipinski definition) is 1. The number of hydrogen-bond acceptors (Lipinski definition) is 6. The van der Waals surface area contributed by atoms with E-state index in [0.29, 0.717) is 0 Å². The number of nitriles is 1. The summed E-state index contributed by atoms with van der Waals surface area (Å²) in [5.74, 6) is -0.939. The van der Waals surface area contributed by atoms with E-state index in [9.17, 15) is 4.79 Å². The molecule has 0 unspecified atom stereocenters. The fraction of sp³-hybridized carbons (Fsp3) is 0.167. The van der Waals surface area contributed by atoms with E-state index in [1.54, 1.807) is 0 Å². The molecule has 0 bridgehead atoms. The molecular formula is C6H6N6O2. The van der Waals surface area contributed by atoms with Crippen molar-refractivity contribution < 1.29 is 9.63 Å². The van der Waals surface area contributed by atoms with Gasteiger partial charge in [0, 0.05) is 6.20 Å². The maximum absolute atomic E-state index is 10.5. The van der Waals surface area contributed by atoms with Crippen LogP contribution in [0.25, 0.3) is 0 Å². The van der Waals surface area contributed by atoms with Gasteiger partial charge in [0.15, 0.2) is 0 Å². The summed E-state index contributed by atoms with van der Waals surface area (Å²) < 4.78 is 1.32. The molecule has 0 aliphatic carbocycles. The Bertz CT molecular complexity index is 376. The summed E-state index contributed by atoms with van der Waals surface area (Å²) in [5, 5.41) is 18.6. The van der Waals surface area contributed by atoms with Crippen molar-refractivity contribution in [1.82, 2.24) is 15.0 Å². The lowest BCUT2D eigenvalue weighted by Crippen LogP contribution is -2.22. The molecule has 0 radical (unpaired) electrons. The normalized spacial score (nSPS) is 10.6. The zero-order chi connectivity index (χ0) is 10.4. The van der Waals surface area contributed by atoms with E-state index in [1.807, 2.05) is 0 Å². The molecule has 0 aliphatic heterocycles. The zero-order valence-corrected chi connectivity index (χ0v) is 6.99. The average molecular weight is 194 g/mol. The van der Waals surface area contributed by atoms with Crippen molar-refractivity contribution in [2.75, 3.05) is 0 Å². The van der Waals surface area contributed by atoms with Gasteiger partial charge in [-0.05, 0) is 0 Å². The molecule has 0 atom stereocenters. The monoisotopic (exact) mass is 194 g/mol. The van der Waals surface area contributed by atoms with Crippen molar-refractivity contribution in [3.8, 4) is 6.07 Å². The quantitative estimate of drug-likeness (QED) is 0.467. The van der Waals surface area contributed by atoms with E-state index in [4.69, 9.17) is 11.0 Å². The Morgan fingerprint density at radius 2 is 2.57 bits per heavy atom. The molecule has 1 aromatic rings. The highest BCUT2D eigenvalue weighted by atomic mass is 16.6. The largest absolute Gasteiger partial charge is 0.370 e. The molecule has 0 aromatic carbocycles. The Labute approximate surface area is 78.5 Å². The summed E-state index contributed by atoms with van der Waals surface area (Å²) in [6.45, 7) is -0.0432. The number of rotatable bonds is 4. The third kappa shape index (κ3) is 2.56. The molecule has 1 amide bonds. The average Bonchev–Trinajstić information content (AvgIpc) is 2.64. The maximum atomic E-state index is 10.5. The maximum Gasteiger partial charge on any atom is 0.281 e. The lowest BCUT2D eigenvalue weighted by Gasteiger charge is -1.97. The van der Waals surface area contributed by atoms with Gasteiger partial charge in [-0.15, -0.1) is 5.10 Å². The fourth-order valence-corrected chi connectivity index (χ4v) is 0.575. The standard InChI is InChI=1S/C6H6N6O2/c7-3-5(6(8)13)10-14-4-12-2-1-9-11-12/h1-2H,4H2,(H2,8,13)/b10-5+. The number of aromatic nitrogens is 3. The smallest absolute Gasteiger partial charge is 0.281 e. The molecular weight excluding hydrogens is 188 g/mol. The summed E-state index contributed by atoms with van der Waals surface area (Å²) in [4.78, 5) is 15.1. The molecule has 1 aromatic heterocycles. The van der Waals surface area contributed by atoms with Crippen molar-refractivity contribution in [2.24, 2.45) is 10.9 Å². The summed E-state index contributed by atoms with van der Waals surface area (Å²) in [7, 11) is 0. The molecule has 14 heavy (non-hydrogen) atoms. The molecule has 0 spiro atoms. The predicted molar refractivity (Wildman–Crippen MR) is 43.3 cm³/mol. The van der Waals surface area contributed by atoms with Gasteiger partial charge in [0.1, 0.15) is 6.07 Å². The van der Waals surface area contributed by atoms with Crippen LogP contribution in [0.4, 0.5) is 0 Å². The minimum atomic E-state index is -0.939. The lowest BCUT2D eigenvalue weighted by atomic mass is 10.4. The molecule has 72 valence electrons. The molecule has 8 heteroatoms. The van der Waals surface area contributed by atoms with Crippen LogP contribution in [-0.2, 0) is 16.4 Å². The Morgan fingerprint density at radius 3 is 3.07 bits per heavy atom. The van der Waals surface area contributed by atoms with Crippen LogP contribution < -0.4 is 5.73 Å². The van der Waals surface area contributed by atoms with Crippen LogP contribution in [-0.4, -0.2) is 26.6 Å². The molecule has 1 rings (SSSR count). The second-order valence-electron chi connectivity index (χ2n) is 2.12. The molecule has 8 nitrogen and oxygen atoms in total. The predicted octanol–water partition coefficient (Wildman–Crippen LogP) is -1.38. The van der Waals surface area contributed by atoms with E-state index in [-0.39, 0.29) is 6.73 Å². The number of nitrogens with two attached hydrogens (primary N) is 1. The van der Waals surface area contributed by atoms with Gasteiger partial charge < -0.3 is 10.6 Å². The first-order valence-electron chi connectivity index (χ1n) is 3.48. The molecule has 0 saturated heterocycles. The Hall–Kier alpha value is -2.43. The van der Waals surface area contributed by atoms with Crippen molar-refractivity contribution in [3.05, 3.63) is 12.4 Å². The number of nitrogens with zero attached hydrogens (tertiary/aromatic N) is 5. The van der Waals surface area contributed by atoms with Gasteiger partial charge >= 0.3 is 0 Å². The Morgan fingerprint density at radius 1 is 1.79 bits per heavy atom. The van der Waals surface area contributed by atoms with E-state index >= 15 is 0 Å². The number of carbonyl (C=O) groups is 1. The van der Waals surface area contributed by atoms with Crippen molar-refractivity contribution >= 4 is 11.6 Å². The van der Waals surface area contributed by atoms with Crippen LogP contribution in [0, 0.1) is 11.3 Å². The topological polar surface area (TPSA) is 119 Å². The lowest BCUT2D eigenvalue weighted by molar-refractivity contribution is -0.112. The van der Waals surface area contributed by atoms with Gasteiger partial charge in [0.25, 0.3) is 5.91 Å². The van der Waals surface area contributed by atoms with Crippen molar-refractivity contribution in [2.45, 2.75) is 6.73 Å². The van der Waals surface area contributed by atoms with E-state index in [0.717, 1.165) is 0 Å². The van der Waals surface area contributed by atoms with E-state index in [1.165, 1.54) is 23.1 Å². The van der Waals surface area contributed by atoms with Crippen molar-refractivity contribution in [3.63, 3.8) is 0 Å². The molecule has 0 saturated carbocycles. The molecule has 0 fully saturated rings. The summed E-state index contributed by atoms with van der Waals surface area (Å²) in [6.07, 6.45) is 2.98. The minimum absolute atomic E-state index is 0.0432. The van der Waals surface area contributed by atoms with Crippen LogP contribution >= 0.6 is 0 Å². The van der Waals surface area contributed by atoms with Crippen LogP contribution in [0.1, 0.15) is 0 Å². The fourth-order valence-electron chi connectivity index (χ4n) is 0.575. The minimum Gasteiger partial charge on any atom is -0.370 e. The van der Waals surface area contributed by atoms with Gasteiger partial charge in [-0.3, -0.25) is 4.79 Å². The summed E-state index contributed by atoms with van der Waals surface area (Å²) in [5.41, 5.74) is 4.30. The third-order valence-electron chi connectivity index (χ3n) is 1.16. The first-order chi connectivity index (χ1) is 6.74. The third-order valence-corrected chi connectivity index (χ3v) is 1.16. The number of primary amides is 1. The van der Waals surface area contributed by atoms with Gasteiger partial charge in [-0.1, -0.05) is 10.4 Å². The first-order valence-corrected chi connectivity index (χ1v) is 3.48. The van der Waals surface area contributed by atoms with Crippen LogP contribution in [0.2, 0.25) is 0 Å². The van der Waals surface area contributed by atoms with Crippen LogP contribution in [0.3, 0.4) is 0 Å². The van der Waals surface area contributed by atoms with Gasteiger partial charge in [-0.25, -0.2) is 4.68 Å². The molecule has 0 aliphatic rings. The second-order valence-corrected chi connectivity index (χ2v) is 2.12. The van der Waals surface area contributed by atoms with Gasteiger partial charge in [0.2, 0.25) is 12.4 Å². The highest BCUT2D eigenvalue weighted by Crippen LogP contribution is 1.85. The van der Waals surface area contributed by atoms with Crippen LogP contribution in [0.5, 0.6) is 0 Å². The second kappa shape index (κ2) is 4.56. The SMILES string of the molecule is N#C/C(=N\OCn1ccnn1)C(N)=O. The van der Waals surface area contributed by atoms with Gasteiger partial charge in [0.05, 0.1) is 6.20 Å². The molecule has 1 heterocycles. The number of carbonyl (C=O) groups excluding carboxylic acids is 1. The zero-order valence-electron chi connectivity index (χ0n) is 6.99. The van der Waals surface area contributed by atoms with Gasteiger partial charge in [-0.2, -0.15) is 5.26 Å².